The highest BCUT2D eigenvalue weighted by Crippen LogP contribution is 2.33. The van der Waals surface area contributed by atoms with E-state index < -0.39 is 0 Å². The van der Waals surface area contributed by atoms with Crippen molar-refractivity contribution in [2.45, 2.75) is 32.2 Å². The van der Waals surface area contributed by atoms with Gasteiger partial charge in [-0.15, -0.1) is 0 Å². The Labute approximate surface area is 143 Å². The third-order valence-electron chi connectivity index (χ3n) is 5.30. The van der Waals surface area contributed by atoms with E-state index in [1.54, 1.807) is 6.20 Å². The number of rotatable bonds is 2. The molecular weight excluding hydrogens is 298 g/mol. The molecule has 0 N–H and O–H groups in total. The molecule has 2 aromatic rings. The number of likely N-dealkylation sites (tertiary alicyclic amines) is 1. The number of anilines is 1. The first-order valence-electron chi connectivity index (χ1n) is 8.93. The molecule has 2 aliphatic heterocycles. The summed E-state index contributed by atoms with van der Waals surface area (Å²) < 4.78 is 0. The minimum absolute atomic E-state index is 0.612. The molecule has 5 heteroatoms. The maximum absolute atomic E-state index is 4.88. The Morgan fingerprint density at radius 1 is 1.12 bits per heavy atom. The van der Waals surface area contributed by atoms with E-state index in [-0.39, 0.29) is 0 Å². The maximum Gasteiger partial charge on any atom is 0.180 e. The molecule has 0 aromatic carbocycles. The van der Waals surface area contributed by atoms with E-state index in [2.05, 4.69) is 32.9 Å². The third-order valence-corrected chi connectivity index (χ3v) is 5.30. The van der Waals surface area contributed by atoms with Crippen LogP contribution >= 0.6 is 0 Å². The van der Waals surface area contributed by atoms with Crippen molar-refractivity contribution in [2.24, 2.45) is 5.92 Å². The largest absolute Gasteiger partial charge is 0.353 e. The van der Waals surface area contributed by atoms with Crippen LogP contribution in [-0.2, 0) is 0 Å². The number of aryl methyl sites for hydroxylation is 1. The molecule has 0 bridgehead atoms. The minimum atomic E-state index is 0.612. The summed E-state index contributed by atoms with van der Waals surface area (Å²) in [5.41, 5.74) is 1.86. The molecule has 5 nitrogen and oxygen atoms in total. The summed E-state index contributed by atoms with van der Waals surface area (Å²) in [6.07, 6.45) is 5.61. The van der Waals surface area contributed by atoms with Crippen LogP contribution in [0.15, 0.2) is 30.5 Å². The van der Waals surface area contributed by atoms with Crippen LogP contribution in [0.25, 0.3) is 11.5 Å². The molecule has 2 aliphatic rings. The van der Waals surface area contributed by atoms with E-state index in [4.69, 9.17) is 4.98 Å². The lowest BCUT2D eigenvalue weighted by atomic mass is 9.84. The fourth-order valence-electron chi connectivity index (χ4n) is 4.18. The first kappa shape index (κ1) is 15.5. The van der Waals surface area contributed by atoms with Gasteiger partial charge in [-0.1, -0.05) is 6.07 Å². The SMILES string of the molecule is Cc1cc(N2CCC[C@@H]3CN(C)CC[C@H]32)nc(-c2ccccn2)n1. The second-order valence-electron chi connectivity index (χ2n) is 7.12. The summed E-state index contributed by atoms with van der Waals surface area (Å²) in [4.78, 5) is 18.9. The summed E-state index contributed by atoms with van der Waals surface area (Å²) in [6, 6.07) is 8.64. The summed E-state index contributed by atoms with van der Waals surface area (Å²) in [5.74, 6) is 2.56. The van der Waals surface area contributed by atoms with Crippen LogP contribution in [0.4, 0.5) is 5.82 Å². The van der Waals surface area contributed by atoms with Gasteiger partial charge in [0.2, 0.25) is 0 Å². The Hall–Kier alpha value is -2.01. The van der Waals surface area contributed by atoms with Gasteiger partial charge in [-0.25, -0.2) is 9.97 Å². The lowest BCUT2D eigenvalue weighted by molar-refractivity contribution is 0.154. The Bertz CT molecular complexity index is 702. The topological polar surface area (TPSA) is 45.2 Å². The lowest BCUT2D eigenvalue weighted by Gasteiger charge is -2.47. The van der Waals surface area contributed by atoms with Gasteiger partial charge < -0.3 is 9.80 Å². The van der Waals surface area contributed by atoms with E-state index >= 15 is 0 Å². The van der Waals surface area contributed by atoms with Gasteiger partial charge in [0, 0.05) is 37.1 Å². The second-order valence-corrected chi connectivity index (χ2v) is 7.12. The summed E-state index contributed by atoms with van der Waals surface area (Å²) >= 11 is 0. The number of aromatic nitrogens is 3. The molecule has 0 saturated carbocycles. The van der Waals surface area contributed by atoms with Crippen LogP contribution in [0.5, 0.6) is 0 Å². The quantitative estimate of drug-likeness (QED) is 0.850. The van der Waals surface area contributed by atoms with Crippen LogP contribution < -0.4 is 4.90 Å². The molecule has 4 heterocycles. The zero-order chi connectivity index (χ0) is 16.5. The van der Waals surface area contributed by atoms with Crippen molar-refractivity contribution in [3.8, 4) is 11.5 Å². The highest BCUT2D eigenvalue weighted by atomic mass is 15.3. The van der Waals surface area contributed by atoms with E-state index in [9.17, 15) is 0 Å². The van der Waals surface area contributed by atoms with Crippen LogP contribution in [0.1, 0.15) is 25.0 Å². The van der Waals surface area contributed by atoms with Gasteiger partial charge in [-0.3, -0.25) is 4.98 Å². The van der Waals surface area contributed by atoms with Gasteiger partial charge in [0.15, 0.2) is 5.82 Å². The van der Waals surface area contributed by atoms with Crippen molar-refractivity contribution in [3.63, 3.8) is 0 Å². The molecule has 0 aliphatic carbocycles. The number of hydrogen-bond acceptors (Lipinski definition) is 5. The zero-order valence-corrected chi connectivity index (χ0v) is 14.5. The first-order valence-corrected chi connectivity index (χ1v) is 8.93. The van der Waals surface area contributed by atoms with Crippen LogP contribution in [0, 0.1) is 12.8 Å². The number of fused-ring (bicyclic) bond motifs is 1. The number of hydrogen-bond donors (Lipinski definition) is 0. The maximum atomic E-state index is 4.88. The van der Waals surface area contributed by atoms with Gasteiger partial charge in [0.05, 0.1) is 0 Å². The van der Waals surface area contributed by atoms with Gasteiger partial charge >= 0.3 is 0 Å². The highest BCUT2D eigenvalue weighted by molar-refractivity contribution is 5.54. The van der Waals surface area contributed by atoms with Crippen LogP contribution in [0.2, 0.25) is 0 Å². The van der Waals surface area contributed by atoms with Crippen LogP contribution in [-0.4, -0.2) is 52.6 Å². The smallest absolute Gasteiger partial charge is 0.180 e. The standard InChI is InChI=1S/C19H25N5/c1-14-12-18(22-19(21-14)16-7-3-4-9-20-16)24-10-5-6-15-13-23(2)11-8-17(15)24/h3-4,7,9,12,15,17H,5-6,8,10-11,13H2,1-2H3/t15-,17-/m1/s1. The van der Waals surface area contributed by atoms with E-state index in [1.165, 1.54) is 32.4 Å². The molecule has 4 rings (SSSR count). The van der Waals surface area contributed by atoms with Gasteiger partial charge in [-0.2, -0.15) is 0 Å². The minimum Gasteiger partial charge on any atom is -0.353 e. The summed E-state index contributed by atoms with van der Waals surface area (Å²) in [7, 11) is 2.24. The summed E-state index contributed by atoms with van der Waals surface area (Å²) in [6.45, 7) is 5.53. The third kappa shape index (κ3) is 3.00. The molecule has 24 heavy (non-hydrogen) atoms. The van der Waals surface area contributed by atoms with Crippen molar-refractivity contribution in [1.82, 2.24) is 19.9 Å². The monoisotopic (exact) mass is 323 g/mol. The number of pyridine rings is 1. The van der Waals surface area contributed by atoms with Crippen molar-refractivity contribution in [2.75, 3.05) is 31.6 Å². The lowest BCUT2D eigenvalue weighted by Crippen LogP contribution is -2.53. The molecular formula is C19H25N5. The molecule has 2 fully saturated rings. The molecule has 2 saturated heterocycles. The van der Waals surface area contributed by atoms with Gasteiger partial charge in [-0.05, 0) is 57.8 Å². The molecule has 0 radical (unpaired) electrons. The Balaban J connectivity index is 1.67. The van der Waals surface area contributed by atoms with Crippen molar-refractivity contribution < 1.29 is 0 Å². The fraction of sp³-hybridized carbons (Fsp3) is 0.526. The number of piperidine rings is 2. The van der Waals surface area contributed by atoms with Crippen molar-refractivity contribution >= 4 is 5.82 Å². The molecule has 0 amide bonds. The molecule has 126 valence electrons. The Kier molecular flexibility index (Phi) is 4.19. The fourth-order valence-corrected chi connectivity index (χ4v) is 4.18. The van der Waals surface area contributed by atoms with Gasteiger partial charge in [0.25, 0.3) is 0 Å². The molecule has 0 spiro atoms. The Morgan fingerprint density at radius 3 is 2.88 bits per heavy atom. The average Bonchev–Trinajstić information content (AvgIpc) is 2.61. The molecule has 2 aromatic heterocycles. The van der Waals surface area contributed by atoms with E-state index in [0.717, 1.165) is 35.5 Å². The summed E-state index contributed by atoms with van der Waals surface area (Å²) in [5, 5.41) is 0. The predicted molar refractivity (Wildman–Crippen MR) is 96.0 cm³/mol. The highest BCUT2D eigenvalue weighted by Gasteiger charge is 2.35. The second kappa shape index (κ2) is 6.48. The average molecular weight is 323 g/mol. The zero-order valence-electron chi connectivity index (χ0n) is 14.5. The molecule has 0 unspecified atom stereocenters. The van der Waals surface area contributed by atoms with E-state index in [0.29, 0.717) is 6.04 Å². The van der Waals surface area contributed by atoms with Crippen molar-refractivity contribution in [3.05, 3.63) is 36.2 Å². The van der Waals surface area contributed by atoms with Crippen LogP contribution in [0.3, 0.4) is 0 Å². The van der Waals surface area contributed by atoms with E-state index in [1.807, 2.05) is 25.1 Å². The Morgan fingerprint density at radius 2 is 2.04 bits per heavy atom. The van der Waals surface area contributed by atoms with Crippen molar-refractivity contribution in [1.29, 1.82) is 0 Å². The predicted octanol–water partition coefficient (Wildman–Crippen LogP) is 2.77. The normalized spacial score (nSPS) is 24.7. The first-order chi connectivity index (χ1) is 11.7. The number of nitrogens with zero attached hydrogens (tertiary/aromatic N) is 5. The molecule has 2 atom stereocenters. The van der Waals surface area contributed by atoms with Gasteiger partial charge in [0.1, 0.15) is 11.5 Å².